The highest BCUT2D eigenvalue weighted by Gasteiger charge is 2.15. The van der Waals surface area contributed by atoms with Crippen LogP contribution in [0.2, 0.25) is 0 Å². The summed E-state index contributed by atoms with van der Waals surface area (Å²) in [5, 5.41) is 0. The molecule has 0 radical (unpaired) electrons. The fourth-order valence-corrected chi connectivity index (χ4v) is 1.65. The quantitative estimate of drug-likeness (QED) is 0.875. The van der Waals surface area contributed by atoms with E-state index in [1.165, 1.54) is 0 Å². The summed E-state index contributed by atoms with van der Waals surface area (Å²) in [5.41, 5.74) is 6.59. The van der Waals surface area contributed by atoms with Crippen molar-refractivity contribution in [1.29, 1.82) is 0 Å². The fraction of sp³-hybridized carbons (Fsp3) is 0.455. The van der Waals surface area contributed by atoms with E-state index in [0.717, 1.165) is 29.2 Å². The topological polar surface area (TPSA) is 53.7 Å². The Bertz CT molecular complexity index is 357. The van der Waals surface area contributed by atoms with Gasteiger partial charge >= 0.3 is 0 Å². The zero-order valence-corrected chi connectivity index (χ0v) is 10.0. The lowest BCUT2D eigenvalue weighted by atomic mass is 10.1. The zero-order valence-electron chi connectivity index (χ0n) is 9.19. The van der Waals surface area contributed by atoms with Gasteiger partial charge < -0.3 is 19.9 Å². The Morgan fingerprint density at radius 1 is 1.25 bits per heavy atom. The monoisotopic (exact) mass is 245 g/mol. The van der Waals surface area contributed by atoms with Crippen molar-refractivity contribution in [3.8, 4) is 17.2 Å². The minimum Gasteiger partial charge on any atom is -0.496 e. The van der Waals surface area contributed by atoms with Crippen LogP contribution in [0.4, 0.5) is 0 Å². The Morgan fingerprint density at radius 2 is 1.88 bits per heavy atom. The van der Waals surface area contributed by atoms with Gasteiger partial charge in [0.15, 0.2) is 11.5 Å². The maximum absolute atomic E-state index is 5.53. The zero-order chi connectivity index (χ0) is 10.7. The number of rotatable bonds is 3. The standard InChI is InChI=1S/C11H15NO3.ClH/c1-13-9-7-11-10(14-4-5-15-11)6-8(9)2-3-12;/h6-7H,2-5,12H2,1H3;1H. The van der Waals surface area contributed by atoms with Crippen molar-refractivity contribution in [3.63, 3.8) is 0 Å². The summed E-state index contributed by atoms with van der Waals surface area (Å²) >= 11 is 0. The molecule has 0 aromatic heterocycles. The second-order valence-electron chi connectivity index (χ2n) is 3.35. The van der Waals surface area contributed by atoms with Crippen LogP contribution in [0.3, 0.4) is 0 Å². The first-order valence-corrected chi connectivity index (χ1v) is 5.01. The summed E-state index contributed by atoms with van der Waals surface area (Å²) in [6.07, 6.45) is 0.778. The van der Waals surface area contributed by atoms with Gasteiger partial charge in [0.25, 0.3) is 0 Å². The molecule has 0 aliphatic carbocycles. The maximum Gasteiger partial charge on any atom is 0.165 e. The Balaban J connectivity index is 0.00000128. The van der Waals surface area contributed by atoms with E-state index in [1.807, 2.05) is 12.1 Å². The molecule has 90 valence electrons. The third kappa shape index (κ3) is 2.51. The van der Waals surface area contributed by atoms with Crippen molar-refractivity contribution in [1.82, 2.24) is 0 Å². The fourth-order valence-electron chi connectivity index (χ4n) is 1.65. The second kappa shape index (κ2) is 5.82. The molecule has 0 spiro atoms. The molecule has 1 heterocycles. The normalized spacial score (nSPS) is 12.9. The highest BCUT2D eigenvalue weighted by molar-refractivity contribution is 5.85. The van der Waals surface area contributed by atoms with Gasteiger partial charge in [-0.2, -0.15) is 0 Å². The van der Waals surface area contributed by atoms with E-state index in [4.69, 9.17) is 19.9 Å². The number of hydrogen-bond donors (Lipinski definition) is 1. The first-order chi connectivity index (χ1) is 7.35. The summed E-state index contributed by atoms with van der Waals surface area (Å²) in [6.45, 7) is 1.78. The molecule has 16 heavy (non-hydrogen) atoms. The SMILES string of the molecule is COc1cc2c(cc1CCN)OCCO2.Cl. The largest absolute Gasteiger partial charge is 0.496 e. The highest BCUT2D eigenvalue weighted by Crippen LogP contribution is 2.36. The highest BCUT2D eigenvalue weighted by atomic mass is 35.5. The van der Waals surface area contributed by atoms with Crippen LogP contribution in [0.1, 0.15) is 5.56 Å². The van der Waals surface area contributed by atoms with Gasteiger partial charge in [0.1, 0.15) is 19.0 Å². The summed E-state index contributed by atoms with van der Waals surface area (Å²) < 4.78 is 16.2. The molecule has 1 aliphatic rings. The van der Waals surface area contributed by atoms with E-state index in [1.54, 1.807) is 7.11 Å². The number of hydrogen-bond acceptors (Lipinski definition) is 4. The van der Waals surface area contributed by atoms with Crippen LogP contribution in [0.15, 0.2) is 12.1 Å². The smallest absolute Gasteiger partial charge is 0.165 e. The number of fused-ring (bicyclic) bond motifs is 1. The predicted molar refractivity (Wildman–Crippen MR) is 64.0 cm³/mol. The van der Waals surface area contributed by atoms with E-state index in [-0.39, 0.29) is 12.4 Å². The molecule has 1 aliphatic heterocycles. The Morgan fingerprint density at radius 3 is 2.44 bits per heavy atom. The predicted octanol–water partition coefficient (Wildman–Crippen LogP) is 1.39. The van der Waals surface area contributed by atoms with E-state index >= 15 is 0 Å². The van der Waals surface area contributed by atoms with Crippen molar-refractivity contribution in [2.45, 2.75) is 6.42 Å². The third-order valence-corrected chi connectivity index (χ3v) is 2.36. The second-order valence-corrected chi connectivity index (χ2v) is 3.35. The van der Waals surface area contributed by atoms with Crippen LogP contribution >= 0.6 is 12.4 Å². The molecule has 0 amide bonds. The average molecular weight is 246 g/mol. The summed E-state index contributed by atoms with van der Waals surface area (Å²) in [4.78, 5) is 0. The molecule has 0 atom stereocenters. The van der Waals surface area contributed by atoms with Gasteiger partial charge in [0.05, 0.1) is 7.11 Å². The van der Waals surface area contributed by atoms with Crippen molar-refractivity contribution in [2.75, 3.05) is 26.9 Å². The summed E-state index contributed by atoms with van der Waals surface area (Å²) in [6, 6.07) is 3.81. The average Bonchev–Trinajstić information content (AvgIpc) is 2.28. The van der Waals surface area contributed by atoms with E-state index in [9.17, 15) is 0 Å². The van der Waals surface area contributed by atoms with Gasteiger partial charge in [0.2, 0.25) is 0 Å². The number of halogens is 1. The lowest BCUT2D eigenvalue weighted by Crippen LogP contribution is -2.16. The maximum atomic E-state index is 5.53. The number of nitrogens with two attached hydrogens (primary N) is 1. The molecule has 1 aromatic carbocycles. The first-order valence-electron chi connectivity index (χ1n) is 5.01. The van der Waals surface area contributed by atoms with Crippen LogP contribution < -0.4 is 19.9 Å². The van der Waals surface area contributed by atoms with E-state index in [2.05, 4.69) is 0 Å². The summed E-state index contributed by atoms with van der Waals surface area (Å²) in [7, 11) is 1.64. The van der Waals surface area contributed by atoms with Crippen LogP contribution in [-0.2, 0) is 6.42 Å². The van der Waals surface area contributed by atoms with Gasteiger partial charge in [-0.1, -0.05) is 0 Å². The molecule has 0 fully saturated rings. The van der Waals surface area contributed by atoms with Crippen LogP contribution in [0.5, 0.6) is 17.2 Å². The van der Waals surface area contributed by atoms with Gasteiger partial charge in [-0.05, 0) is 24.6 Å². The van der Waals surface area contributed by atoms with Crippen molar-refractivity contribution >= 4 is 12.4 Å². The van der Waals surface area contributed by atoms with E-state index < -0.39 is 0 Å². The lowest BCUT2D eigenvalue weighted by Gasteiger charge is -2.20. The molecular formula is C11H16ClNO3. The molecule has 4 nitrogen and oxygen atoms in total. The van der Waals surface area contributed by atoms with Crippen LogP contribution in [-0.4, -0.2) is 26.9 Å². The molecule has 0 saturated carbocycles. The number of methoxy groups -OCH3 is 1. The summed E-state index contributed by atoms with van der Waals surface area (Å²) in [5.74, 6) is 2.34. The molecule has 5 heteroatoms. The Labute approximate surface area is 101 Å². The molecule has 2 rings (SSSR count). The molecular weight excluding hydrogens is 230 g/mol. The first kappa shape index (κ1) is 12.9. The van der Waals surface area contributed by atoms with Gasteiger partial charge in [-0.25, -0.2) is 0 Å². The Kier molecular flexibility index (Phi) is 4.71. The van der Waals surface area contributed by atoms with Crippen molar-refractivity contribution in [2.24, 2.45) is 5.73 Å². The van der Waals surface area contributed by atoms with Crippen molar-refractivity contribution in [3.05, 3.63) is 17.7 Å². The van der Waals surface area contributed by atoms with Gasteiger partial charge in [-0.3, -0.25) is 0 Å². The van der Waals surface area contributed by atoms with Crippen molar-refractivity contribution < 1.29 is 14.2 Å². The third-order valence-electron chi connectivity index (χ3n) is 2.36. The number of ether oxygens (including phenoxy) is 3. The minimum atomic E-state index is 0. The Hall–Kier alpha value is -1.13. The van der Waals surface area contributed by atoms with Gasteiger partial charge in [-0.15, -0.1) is 12.4 Å². The lowest BCUT2D eigenvalue weighted by molar-refractivity contribution is 0.170. The van der Waals surface area contributed by atoms with Crippen LogP contribution in [0, 0.1) is 0 Å². The molecule has 0 saturated heterocycles. The van der Waals surface area contributed by atoms with Crippen LogP contribution in [0.25, 0.3) is 0 Å². The molecule has 1 aromatic rings. The molecule has 2 N–H and O–H groups in total. The van der Waals surface area contributed by atoms with Gasteiger partial charge in [0, 0.05) is 6.07 Å². The van der Waals surface area contributed by atoms with E-state index in [0.29, 0.717) is 19.8 Å². The minimum absolute atomic E-state index is 0. The number of benzene rings is 1. The molecule has 0 unspecified atom stereocenters. The molecule has 0 bridgehead atoms.